The maximum atomic E-state index is 12.7. The highest BCUT2D eigenvalue weighted by Gasteiger charge is 2.26. The predicted octanol–water partition coefficient (Wildman–Crippen LogP) is 4.12. The highest BCUT2D eigenvalue weighted by Crippen LogP contribution is 2.28. The smallest absolute Gasteiger partial charge is 0.306 e. The molecule has 2 aromatic rings. The van der Waals surface area contributed by atoms with Crippen molar-refractivity contribution in [1.82, 2.24) is 9.88 Å². The number of nitrogens with zero attached hydrogens (tertiary/aromatic N) is 1. The summed E-state index contributed by atoms with van der Waals surface area (Å²) >= 11 is 5.94. The van der Waals surface area contributed by atoms with E-state index in [0.717, 1.165) is 24.0 Å². The zero-order valence-electron chi connectivity index (χ0n) is 15.5. The Morgan fingerprint density at radius 3 is 2.48 bits per heavy atom. The van der Waals surface area contributed by atoms with Crippen LogP contribution in [-0.4, -0.2) is 28.1 Å². The maximum Gasteiger partial charge on any atom is 0.306 e. The monoisotopic (exact) mass is 388 g/mol. The van der Waals surface area contributed by atoms with Gasteiger partial charge in [-0.2, -0.15) is 0 Å². The highest BCUT2D eigenvalue weighted by atomic mass is 35.5. The molecule has 144 valence electrons. The zero-order chi connectivity index (χ0) is 19.4. The van der Waals surface area contributed by atoms with Gasteiger partial charge in [0.1, 0.15) is 5.69 Å². The van der Waals surface area contributed by atoms with Crippen LogP contribution in [0.1, 0.15) is 47.3 Å². The van der Waals surface area contributed by atoms with E-state index < -0.39 is 5.97 Å². The summed E-state index contributed by atoms with van der Waals surface area (Å²) in [5.74, 6) is -0.660. The molecule has 27 heavy (non-hydrogen) atoms. The Hall–Kier alpha value is -2.27. The molecular weight excluding hydrogens is 364 g/mol. The lowest BCUT2D eigenvalue weighted by atomic mass is 9.82. The molecular formula is C21H25ClN2O3. The second-order valence-corrected chi connectivity index (χ2v) is 7.86. The molecule has 1 heterocycles. The van der Waals surface area contributed by atoms with Crippen molar-refractivity contribution in [3.8, 4) is 0 Å². The van der Waals surface area contributed by atoms with Crippen molar-refractivity contribution < 1.29 is 14.7 Å². The first-order valence-electron chi connectivity index (χ1n) is 9.34. The lowest BCUT2D eigenvalue weighted by molar-refractivity contribution is -0.143. The van der Waals surface area contributed by atoms with E-state index in [1.54, 1.807) is 0 Å². The van der Waals surface area contributed by atoms with Crippen molar-refractivity contribution in [2.75, 3.05) is 6.54 Å². The average Bonchev–Trinajstić information content (AvgIpc) is 3.02. The largest absolute Gasteiger partial charge is 0.481 e. The van der Waals surface area contributed by atoms with Gasteiger partial charge in [0.2, 0.25) is 0 Å². The molecule has 1 aromatic heterocycles. The molecule has 0 radical (unpaired) electrons. The van der Waals surface area contributed by atoms with Gasteiger partial charge in [-0.05, 0) is 67.9 Å². The van der Waals surface area contributed by atoms with Crippen LogP contribution in [0.3, 0.4) is 0 Å². The molecule has 0 atom stereocenters. The van der Waals surface area contributed by atoms with Crippen molar-refractivity contribution in [3.05, 3.63) is 58.4 Å². The molecule has 1 aromatic carbocycles. The van der Waals surface area contributed by atoms with E-state index >= 15 is 0 Å². The molecule has 3 rings (SSSR count). The molecule has 0 spiro atoms. The van der Waals surface area contributed by atoms with E-state index in [1.807, 2.05) is 48.0 Å². The number of halogens is 1. The van der Waals surface area contributed by atoms with Crippen LogP contribution in [0.15, 0.2) is 36.5 Å². The third-order valence-electron chi connectivity index (χ3n) is 5.28. The van der Waals surface area contributed by atoms with Crippen molar-refractivity contribution in [2.24, 2.45) is 11.8 Å². The van der Waals surface area contributed by atoms with Gasteiger partial charge in [0, 0.05) is 24.3 Å². The third kappa shape index (κ3) is 5.13. The Morgan fingerprint density at radius 2 is 1.85 bits per heavy atom. The maximum absolute atomic E-state index is 12.7. The molecule has 0 saturated heterocycles. The van der Waals surface area contributed by atoms with Gasteiger partial charge in [0.05, 0.1) is 5.92 Å². The molecule has 1 saturated carbocycles. The van der Waals surface area contributed by atoms with Gasteiger partial charge < -0.3 is 15.0 Å². The summed E-state index contributed by atoms with van der Waals surface area (Å²) in [4.78, 5) is 23.7. The minimum absolute atomic E-state index is 0.0857. The first-order chi connectivity index (χ1) is 12.9. The molecule has 0 unspecified atom stereocenters. The first-order valence-corrected chi connectivity index (χ1v) is 9.72. The van der Waals surface area contributed by atoms with Gasteiger partial charge >= 0.3 is 5.97 Å². The number of amides is 1. The number of aryl methyl sites for hydroxylation is 1. The normalized spacial score (nSPS) is 19.6. The molecule has 1 amide bonds. The second-order valence-electron chi connectivity index (χ2n) is 7.42. The Bertz CT molecular complexity index is 805. The minimum atomic E-state index is -0.701. The fourth-order valence-electron chi connectivity index (χ4n) is 3.71. The Balaban J connectivity index is 1.58. The number of aromatic nitrogens is 1. The van der Waals surface area contributed by atoms with Gasteiger partial charge in [0.25, 0.3) is 5.91 Å². The number of carboxylic acid groups (broad SMARTS) is 1. The first kappa shape index (κ1) is 19.5. The van der Waals surface area contributed by atoms with E-state index in [0.29, 0.717) is 42.6 Å². The Kier molecular flexibility index (Phi) is 6.22. The van der Waals surface area contributed by atoms with E-state index in [1.165, 1.54) is 0 Å². The topological polar surface area (TPSA) is 71.3 Å². The van der Waals surface area contributed by atoms with E-state index in [4.69, 9.17) is 16.7 Å². The number of aliphatic carboxylic acids is 1. The lowest BCUT2D eigenvalue weighted by Gasteiger charge is -2.26. The van der Waals surface area contributed by atoms with E-state index in [-0.39, 0.29) is 11.8 Å². The molecule has 2 N–H and O–H groups in total. The highest BCUT2D eigenvalue weighted by molar-refractivity contribution is 6.30. The molecule has 5 nitrogen and oxygen atoms in total. The summed E-state index contributed by atoms with van der Waals surface area (Å²) in [6.07, 6.45) is 5.07. The van der Waals surface area contributed by atoms with Crippen molar-refractivity contribution in [3.63, 3.8) is 0 Å². The van der Waals surface area contributed by atoms with Crippen LogP contribution in [0.5, 0.6) is 0 Å². The zero-order valence-corrected chi connectivity index (χ0v) is 16.2. The molecule has 1 aliphatic carbocycles. The van der Waals surface area contributed by atoms with Crippen LogP contribution in [0.25, 0.3) is 0 Å². The summed E-state index contributed by atoms with van der Waals surface area (Å²) in [5, 5.41) is 12.8. The number of rotatable bonds is 6. The van der Waals surface area contributed by atoms with Gasteiger partial charge in [-0.3, -0.25) is 9.59 Å². The average molecular weight is 389 g/mol. The summed E-state index contributed by atoms with van der Waals surface area (Å²) in [5.41, 5.74) is 2.76. The number of carbonyl (C=O) groups is 2. The van der Waals surface area contributed by atoms with E-state index in [2.05, 4.69) is 5.32 Å². The number of nitrogens with one attached hydrogen (secondary N) is 1. The minimum Gasteiger partial charge on any atom is -0.481 e. The predicted molar refractivity (Wildman–Crippen MR) is 105 cm³/mol. The fourth-order valence-corrected chi connectivity index (χ4v) is 3.83. The van der Waals surface area contributed by atoms with Crippen molar-refractivity contribution in [1.29, 1.82) is 0 Å². The number of carbonyl (C=O) groups excluding carboxylic acids is 1. The Morgan fingerprint density at radius 1 is 1.19 bits per heavy atom. The standard InChI is InChI=1S/C21H25ClN2O3/c1-14-10-19(24(12-14)13-16-4-8-18(22)9-5-16)20(25)23-11-15-2-6-17(7-3-15)21(26)27/h4-5,8-10,12,15,17H,2-3,6-7,11,13H2,1H3,(H,23,25)(H,26,27). The molecule has 0 bridgehead atoms. The number of hydrogen-bond acceptors (Lipinski definition) is 2. The second kappa shape index (κ2) is 8.61. The van der Waals surface area contributed by atoms with Gasteiger partial charge in [0.15, 0.2) is 0 Å². The lowest BCUT2D eigenvalue weighted by Crippen LogP contribution is -2.33. The molecule has 0 aliphatic heterocycles. The molecule has 6 heteroatoms. The Labute approximate surface area is 164 Å². The summed E-state index contributed by atoms with van der Waals surface area (Å²) < 4.78 is 1.95. The number of carboxylic acids is 1. The number of benzene rings is 1. The molecule has 1 aliphatic rings. The van der Waals surface area contributed by atoms with Crippen LogP contribution in [-0.2, 0) is 11.3 Å². The SMILES string of the molecule is Cc1cc(C(=O)NCC2CCC(C(=O)O)CC2)n(Cc2ccc(Cl)cc2)c1. The van der Waals surface area contributed by atoms with Crippen LogP contribution >= 0.6 is 11.6 Å². The summed E-state index contributed by atoms with van der Waals surface area (Å²) in [6, 6.07) is 9.51. The summed E-state index contributed by atoms with van der Waals surface area (Å²) in [6.45, 7) is 3.18. The van der Waals surface area contributed by atoms with Crippen LogP contribution in [0.4, 0.5) is 0 Å². The van der Waals surface area contributed by atoms with E-state index in [9.17, 15) is 9.59 Å². The number of hydrogen-bond donors (Lipinski definition) is 2. The van der Waals surface area contributed by atoms with Crippen molar-refractivity contribution in [2.45, 2.75) is 39.2 Å². The van der Waals surface area contributed by atoms with Crippen molar-refractivity contribution >= 4 is 23.5 Å². The van der Waals surface area contributed by atoms with Crippen LogP contribution in [0, 0.1) is 18.8 Å². The van der Waals surface area contributed by atoms with Crippen LogP contribution < -0.4 is 5.32 Å². The fraction of sp³-hybridized carbons (Fsp3) is 0.429. The quantitative estimate of drug-likeness (QED) is 0.781. The summed E-state index contributed by atoms with van der Waals surface area (Å²) in [7, 11) is 0. The van der Waals surface area contributed by atoms with Gasteiger partial charge in [-0.1, -0.05) is 23.7 Å². The molecule has 1 fully saturated rings. The van der Waals surface area contributed by atoms with Crippen LogP contribution in [0.2, 0.25) is 5.02 Å². The van der Waals surface area contributed by atoms with Gasteiger partial charge in [-0.25, -0.2) is 0 Å². The van der Waals surface area contributed by atoms with Gasteiger partial charge in [-0.15, -0.1) is 0 Å². The third-order valence-corrected chi connectivity index (χ3v) is 5.53.